The highest BCUT2D eigenvalue weighted by Gasteiger charge is 1.90. The van der Waals surface area contributed by atoms with Crippen molar-refractivity contribution in [1.29, 1.82) is 0 Å². The molecule has 0 atom stereocenters. The van der Waals surface area contributed by atoms with Crippen molar-refractivity contribution in [3.05, 3.63) is 29.8 Å². The van der Waals surface area contributed by atoms with Crippen LogP contribution in [0.2, 0.25) is 0 Å². The Morgan fingerprint density at radius 1 is 1.17 bits per heavy atom. The van der Waals surface area contributed by atoms with Crippen molar-refractivity contribution in [2.45, 2.75) is 34.6 Å². The van der Waals surface area contributed by atoms with Crippen LogP contribution in [0.5, 0.6) is 0 Å². The minimum absolute atomic E-state index is 0.243. The molecule has 0 aliphatic heterocycles. The van der Waals surface area contributed by atoms with Gasteiger partial charge in [0.15, 0.2) is 0 Å². The van der Waals surface area contributed by atoms with Gasteiger partial charge in [0.25, 0.3) is 0 Å². The van der Waals surface area contributed by atoms with Crippen LogP contribution < -0.4 is 0 Å². The zero-order valence-electron chi connectivity index (χ0n) is 8.56. The van der Waals surface area contributed by atoms with Gasteiger partial charge in [0.1, 0.15) is 5.82 Å². The SMILES string of the molecule is CC.CC.Cc1ncccc1F. The molecule has 0 N–H and O–H groups in total. The van der Waals surface area contributed by atoms with Crippen LogP contribution in [-0.2, 0) is 0 Å². The average Bonchev–Trinajstić information content (AvgIpc) is 2.17. The van der Waals surface area contributed by atoms with Crippen LogP contribution in [0.4, 0.5) is 4.39 Å². The van der Waals surface area contributed by atoms with Gasteiger partial charge in [-0.25, -0.2) is 4.39 Å². The largest absolute Gasteiger partial charge is 0.259 e. The molecule has 0 amide bonds. The third-order valence-electron chi connectivity index (χ3n) is 0.942. The van der Waals surface area contributed by atoms with E-state index in [0.717, 1.165) is 0 Å². The van der Waals surface area contributed by atoms with Crippen molar-refractivity contribution in [3.8, 4) is 0 Å². The highest BCUT2D eigenvalue weighted by atomic mass is 19.1. The van der Waals surface area contributed by atoms with E-state index in [1.54, 1.807) is 19.2 Å². The molecular formula is C10H18FN. The summed E-state index contributed by atoms with van der Waals surface area (Å²) in [4.78, 5) is 3.70. The lowest BCUT2D eigenvalue weighted by molar-refractivity contribution is 0.610. The van der Waals surface area contributed by atoms with Crippen molar-refractivity contribution >= 4 is 0 Å². The summed E-state index contributed by atoms with van der Waals surface area (Å²) in [7, 11) is 0. The predicted molar refractivity (Wildman–Crippen MR) is 51.6 cm³/mol. The molecule has 1 aromatic rings. The molecule has 0 spiro atoms. The molecule has 2 heteroatoms. The number of halogens is 1. The molecule has 0 aliphatic carbocycles. The van der Waals surface area contributed by atoms with Gasteiger partial charge in [-0.3, -0.25) is 4.98 Å². The van der Waals surface area contributed by atoms with Gasteiger partial charge < -0.3 is 0 Å². The fraction of sp³-hybridized carbons (Fsp3) is 0.500. The van der Waals surface area contributed by atoms with Crippen LogP contribution in [-0.4, -0.2) is 4.98 Å². The molecule has 0 saturated carbocycles. The number of hydrogen-bond donors (Lipinski definition) is 0. The Balaban J connectivity index is 0. The Hall–Kier alpha value is -0.920. The zero-order valence-corrected chi connectivity index (χ0v) is 8.56. The molecule has 0 unspecified atom stereocenters. The van der Waals surface area contributed by atoms with Gasteiger partial charge in [-0.05, 0) is 19.1 Å². The maximum absolute atomic E-state index is 12.3. The first-order valence-corrected chi connectivity index (χ1v) is 4.38. The zero-order chi connectivity index (χ0) is 9.98. The van der Waals surface area contributed by atoms with Gasteiger partial charge in [0.2, 0.25) is 0 Å². The first kappa shape index (κ1) is 13.7. The van der Waals surface area contributed by atoms with E-state index in [9.17, 15) is 4.39 Å². The number of aromatic nitrogens is 1. The van der Waals surface area contributed by atoms with Gasteiger partial charge >= 0.3 is 0 Å². The van der Waals surface area contributed by atoms with Crippen LogP contribution >= 0.6 is 0 Å². The maximum Gasteiger partial charge on any atom is 0.144 e. The Morgan fingerprint density at radius 2 is 1.67 bits per heavy atom. The van der Waals surface area contributed by atoms with E-state index in [1.165, 1.54) is 6.07 Å². The smallest absolute Gasteiger partial charge is 0.144 e. The van der Waals surface area contributed by atoms with Crippen LogP contribution in [0.1, 0.15) is 33.4 Å². The van der Waals surface area contributed by atoms with Crippen LogP contribution in [0.25, 0.3) is 0 Å². The third-order valence-corrected chi connectivity index (χ3v) is 0.942. The second kappa shape index (κ2) is 10.1. The standard InChI is InChI=1S/C6H6FN.2C2H6/c1-5-6(7)3-2-4-8-5;2*1-2/h2-4H,1H3;2*1-2H3. The lowest BCUT2D eigenvalue weighted by Gasteiger charge is -1.88. The van der Waals surface area contributed by atoms with Crippen molar-refractivity contribution in [2.75, 3.05) is 0 Å². The van der Waals surface area contributed by atoms with Gasteiger partial charge in [-0.2, -0.15) is 0 Å². The summed E-state index contributed by atoms with van der Waals surface area (Å²) in [5.74, 6) is -0.243. The average molecular weight is 171 g/mol. The quantitative estimate of drug-likeness (QED) is 0.581. The Labute approximate surface area is 74.7 Å². The van der Waals surface area contributed by atoms with E-state index in [1.807, 2.05) is 27.7 Å². The van der Waals surface area contributed by atoms with Gasteiger partial charge in [0, 0.05) is 6.20 Å². The van der Waals surface area contributed by atoms with E-state index in [2.05, 4.69) is 4.98 Å². The summed E-state index contributed by atoms with van der Waals surface area (Å²) >= 11 is 0. The number of aryl methyl sites for hydroxylation is 1. The molecule has 1 rings (SSSR count). The molecule has 0 bridgehead atoms. The summed E-state index contributed by atoms with van der Waals surface area (Å²) in [6, 6.07) is 2.96. The molecule has 12 heavy (non-hydrogen) atoms. The first-order valence-electron chi connectivity index (χ1n) is 4.38. The minimum Gasteiger partial charge on any atom is -0.259 e. The highest BCUT2D eigenvalue weighted by molar-refractivity contribution is 5.03. The monoisotopic (exact) mass is 171 g/mol. The van der Waals surface area contributed by atoms with Crippen LogP contribution in [0.15, 0.2) is 18.3 Å². The van der Waals surface area contributed by atoms with E-state index < -0.39 is 0 Å². The summed E-state index contributed by atoms with van der Waals surface area (Å²) in [5.41, 5.74) is 0.451. The topological polar surface area (TPSA) is 12.9 Å². The maximum atomic E-state index is 12.3. The van der Waals surface area contributed by atoms with Crippen LogP contribution in [0, 0.1) is 12.7 Å². The molecule has 0 aromatic carbocycles. The molecule has 1 aromatic heterocycles. The lowest BCUT2D eigenvalue weighted by Crippen LogP contribution is -1.82. The van der Waals surface area contributed by atoms with E-state index in [-0.39, 0.29) is 5.82 Å². The normalized spacial score (nSPS) is 7.17. The number of hydrogen-bond acceptors (Lipinski definition) is 1. The van der Waals surface area contributed by atoms with Crippen molar-refractivity contribution in [2.24, 2.45) is 0 Å². The van der Waals surface area contributed by atoms with Gasteiger partial charge in [0.05, 0.1) is 5.69 Å². The fourth-order valence-electron chi connectivity index (χ4n) is 0.465. The summed E-state index contributed by atoms with van der Waals surface area (Å²) in [6.07, 6.45) is 1.57. The Morgan fingerprint density at radius 3 is 1.92 bits per heavy atom. The highest BCUT2D eigenvalue weighted by Crippen LogP contribution is 1.97. The fourth-order valence-corrected chi connectivity index (χ4v) is 0.465. The number of rotatable bonds is 0. The second-order valence-corrected chi connectivity index (χ2v) is 1.57. The first-order chi connectivity index (χ1) is 5.80. The molecular weight excluding hydrogens is 153 g/mol. The van der Waals surface area contributed by atoms with Crippen molar-refractivity contribution < 1.29 is 4.39 Å². The molecule has 0 saturated heterocycles. The van der Waals surface area contributed by atoms with E-state index in [0.29, 0.717) is 5.69 Å². The molecule has 1 nitrogen and oxygen atoms in total. The molecule has 0 radical (unpaired) electrons. The van der Waals surface area contributed by atoms with Gasteiger partial charge in [-0.15, -0.1) is 0 Å². The van der Waals surface area contributed by atoms with Gasteiger partial charge in [-0.1, -0.05) is 27.7 Å². The molecule has 1 heterocycles. The summed E-state index contributed by atoms with van der Waals surface area (Å²) < 4.78 is 12.3. The number of nitrogens with zero attached hydrogens (tertiary/aromatic N) is 1. The predicted octanol–water partition coefficient (Wildman–Crippen LogP) is 3.58. The van der Waals surface area contributed by atoms with E-state index >= 15 is 0 Å². The summed E-state index contributed by atoms with van der Waals surface area (Å²) in [5, 5.41) is 0. The van der Waals surface area contributed by atoms with Crippen molar-refractivity contribution in [1.82, 2.24) is 4.98 Å². The van der Waals surface area contributed by atoms with Crippen molar-refractivity contribution in [3.63, 3.8) is 0 Å². The Kier molecular flexibility index (Phi) is 11.5. The van der Waals surface area contributed by atoms with Crippen LogP contribution in [0.3, 0.4) is 0 Å². The third kappa shape index (κ3) is 5.83. The molecule has 0 aliphatic rings. The Bertz CT molecular complexity index is 166. The lowest BCUT2D eigenvalue weighted by atomic mass is 10.4. The minimum atomic E-state index is -0.243. The van der Waals surface area contributed by atoms with E-state index in [4.69, 9.17) is 0 Å². The second-order valence-electron chi connectivity index (χ2n) is 1.57. The molecule has 0 fully saturated rings. The molecule has 70 valence electrons. The summed E-state index contributed by atoms with van der Waals surface area (Å²) in [6.45, 7) is 9.63. The number of pyridine rings is 1.